The van der Waals surface area contributed by atoms with Crippen LogP contribution in [0.1, 0.15) is 11.5 Å². The minimum absolute atomic E-state index is 0.00239. The molecular weight excluding hydrogens is 352 g/mol. The molecule has 3 aromatic rings. The Morgan fingerprint density at radius 3 is 2.74 bits per heavy atom. The Labute approximate surface area is 154 Å². The molecule has 0 aliphatic rings. The van der Waals surface area contributed by atoms with Gasteiger partial charge in [-0.25, -0.2) is 0 Å². The van der Waals surface area contributed by atoms with Crippen molar-refractivity contribution < 1.29 is 19.0 Å². The number of benzene rings is 2. The normalized spacial score (nSPS) is 10.4. The first-order chi connectivity index (χ1) is 13.0. The van der Waals surface area contributed by atoms with Crippen molar-refractivity contribution in [2.45, 2.75) is 13.5 Å². The van der Waals surface area contributed by atoms with Gasteiger partial charge in [-0.2, -0.15) is 4.98 Å². The molecule has 0 fully saturated rings. The van der Waals surface area contributed by atoms with Gasteiger partial charge in [-0.1, -0.05) is 35.5 Å². The third kappa shape index (κ3) is 4.66. The van der Waals surface area contributed by atoms with Gasteiger partial charge in [-0.3, -0.25) is 14.9 Å². The second-order valence-electron chi connectivity index (χ2n) is 5.65. The summed E-state index contributed by atoms with van der Waals surface area (Å²) < 4.78 is 10.4. The molecule has 3 rings (SSSR count). The first-order valence-corrected chi connectivity index (χ1v) is 8.05. The van der Waals surface area contributed by atoms with E-state index < -0.39 is 4.92 Å². The van der Waals surface area contributed by atoms with Crippen LogP contribution in [0.2, 0.25) is 0 Å². The number of hydrogen-bond donors (Lipinski definition) is 1. The minimum atomic E-state index is -0.472. The standard InChI is InChI=1S/C18H16N4O5/c1-12-9-14(7-8-15(12)22(24)25)26-11-16(23)19-10-17-20-18(21-27-17)13-5-3-2-4-6-13/h2-9H,10-11H2,1H3,(H,19,23). The van der Waals surface area contributed by atoms with E-state index in [-0.39, 0.29) is 30.6 Å². The molecule has 0 atom stereocenters. The van der Waals surface area contributed by atoms with Crippen LogP contribution in [-0.2, 0) is 11.3 Å². The van der Waals surface area contributed by atoms with E-state index in [2.05, 4.69) is 15.5 Å². The lowest BCUT2D eigenvalue weighted by Gasteiger charge is -2.07. The largest absolute Gasteiger partial charge is 0.484 e. The molecule has 1 amide bonds. The van der Waals surface area contributed by atoms with Crippen LogP contribution in [-0.4, -0.2) is 27.6 Å². The zero-order chi connectivity index (χ0) is 19.2. The highest BCUT2D eigenvalue weighted by Gasteiger charge is 2.12. The Hall–Kier alpha value is -3.75. The van der Waals surface area contributed by atoms with Crippen LogP contribution in [0.15, 0.2) is 53.1 Å². The van der Waals surface area contributed by atoms with E-state index in [0.29, 0.717) is 17.1 Å². The van der Waals surface area contributed by atoms with Gasteiger partial charge in [-0.15, -0.1) is 0 Å². The third-order valence-corrected chi connectivity index (χ3v) is 3.67. The van der Waals surface area contributed by atoms with Crippen LogP contribution in [0.25, 0.3) is 11.4 Å². The van der Waals surface area contributed by atoms with Crippen molar-refractivity contribution in [3.05, 3.63) is 70.1 Å². The molecule has 1 heterocycles. The van der Waals surface area contributed by atoms with E-state index in [4.69, 9.17) is 9.26 Å². The third-order valence-electron chi connectivity index (χ3n) is 3.67. The van der Waals surface area contributed by atoms with Gasteiger partial charge in [0.15, 0.2) is 6.61 Å². The highest BCUT2D eigenvalue weighted by atomic mass is 16.6. The van der Waals surface area contributed by atoms with E-state index in [1.807, 2.05) is 30.3 Å². The van der Waals surface area contributed by atoms with Crippen LogP contribution in [0.5, 0.6) is 5.75 Å². The Kier molecular flexibility index (Phi) is 5.41. The van der Waals surface area contributed by atoms with Gasteiger partial charge in [0.25, 0.3) is 11.6 Å². The number of nitro groups is 1. The molecule has 1 aromatic heterocycles. The summed E-state index contributed by atoms with van der Waals surface area (Å²) in [5.74, 6) is 0.703. The molecule has 0 bridgehead atoms. The van der Waals surface area contributed by atoms with Crippen molar-refractivity contribution in [2.75, 3.05) is 6.61 Å². The number of ether oxygens (including phenoxy) is 1. The predicted molar refractivity (Wildman–Crippen MR) is 94.9 cm³/mol. The van der Waals surface area contributed by atoms with Crippen LogP contribution in [0, 0.1) is 17.0 Å². The van der Waals surface area contributed by atoms with Crippen LogP contribution < -0.4 is 10.1 Å². The fourth-order valence-electron chi connectivity index (χ4n) is 2.33. The van der Waals surface area contributed by atoms with Gasteiger partial charge in [0.05, 0.1) is 11.5 Å². The van der Waals surface area contributed by atoms with Crippen molar-refractivity contribution in [1.29, 1.82) is 0 Å². The number of aromatic nitrogens is 2. The summed E-state index contributed by atoms with van der Waals surface area (Å²) in [5.41, 5.74) is 1.27. The topological polar surface area (TPSA) is 120 Å². The van der Waals surface area contributed by atoms with Crippen molar-refractivity contribution in [2.24, 2.45) is 0 Å². The van der Waals surface area contributed by atoms with Gasteiger partial charge < -0.3 is 14.6 Å². The molecule has 1 N–H and O–H groups in total. The number of nitrogens with zero attached hydrogens (tertiary/aromatic N) is 3. The van der Waals surface area contributed by atoms with Crippen molar-refractivity contribution in [3.8, 4) is 17.1 Å². The van der Waals surface area contributed by atoms with Gasteiger partial charge in [0.1, 0.15) is 5.75 Å². The molecule has 138 valence electrons. The molecule has 9 heteroatoms. The summed E-state index contributed by atoms with van der Waals surface area (Å²) in [6.07, 6.45) is 0. The maximum atomic E-state index is 11.9. The van der Waals surface area contributed by atoms with E-state index >= 15 is 0 Å². The molecule has 9 nitrogen and oxygen atoms in total. The Morgan fingerprint density at radius 2 is 2.04 bits per heavy atom. The number of rotatable bonds is 7. The van der Waals surface area contributed by atoms with E-state index in [0.717, 1.165) is 5.56 Å². The quantitative estimate of drug-likeness (QED) is 0.503. The lowest BCUT2D eigenvalue weighted by Crippen LogP contribution is -2.28. The van der Waals surface area contributed by atoms with Crippen LogP contribution in [0.4, 0.5) is 5.69 Å². The lowest BCUT2D eigenvalue weighted by atomic mass is 10.2. The van der Waals surface area contributed by atoms with Crippen molar-refractivity contribution in [1.82, 2.24) is 15.5 Å². The smallest absolute Gasteiger partial charge is 0.272 e. The number of hydrogen-bond acceptors (Lipinski definition) is 7. The molecular formula is C18H16N4O5. The molecule has 0 saturated heterocycles. The summed E-state index contributed by atoms with van der Waals surface area (Å²) in [4.78, 5) is 26.4. The van der Waals surface area contributed by atoms with Gasteiger partial charge in [-0.05, 0) is 19.1 Å². The lowest BCUT2D eigenvalue weighted by molar-refractivity contribution is -0.385. The Morgan fingerprint density at radius 1 is 1.26 bits per heavy atom. The number of nitro benzene ring substituents is 1. The molecule has 0 spiro atoms. The van der Waals surface area contributed by atoms with Crippen LogP contribution in [0.3, 0.4) is 0 Å². The first kappa shape index (κ1) is 18.1. The average Bonchev–Trinajstić information content (AvgIpc) is 3.14. The van der Waals surface area contributed by atoms with E-state index in [1.54, 1.807) is 6.92 Å². The number of nitrogens with one attached hydrogen (secondary N) is 1. The number of aryl methyl sites for hydroxylation is 1. The second kappa shape index (κ2) is 8.09. The monoisotopic (exact) mass is 368 g/mol. The molecule has 0 aliphatic heterocycles. The van der Waals surface area contributed by atoms with Gasteiger partial charge >= 0.3 is 0 Å². The predicted octanol–water partition coefficient (Wildman–Crippen LogP) is 2.65. The average molecular weight is 368 g/mol. The summed E-state index contributed by atoms with van der Waals surface area (Å²) in [5, 5.41) is 17.3. The first-order valence-electron chi connectivity index (χ1n) is 8.05. The molecule has 0 unspecified atom stereocenters. The van der Waals surface area contributed by atoms with Crippen molar-refractivity contribution >= 4 is 11.6 Å². The van der Waals surface area contributed by atoms with E-state index in [1.165, 1.54) is 18.2 Å². The Bertz CT molecular complexity index is 955. The molecule has 27 heavy (non-hydrogen) atoms. The molecule has 0 aliphatic carbocycles. The SMILES string of the molecule is Cc1cc(OCC(=O)NCc2nc(-c3ccccc3)no2)ccc1[N+](=O)[O-]. The number of carbonyl (C=O) groups is 1. The fraction of sp³-hybridized carbons (Fsp3) is 0.167. The zero-order valence-corrected chi connectivity index (χ0v) is 14.4. The summed E-state index contributed by atoms with van der Waals surface area (Å²) in [6.45, 7) is 1.43. The summed E-state index contributed by atoms with van der Waals surface area (Å²) >= 11 is 0. The highest BCUT2D eigenvalue weighted by molar-refractivity contribution is 5.77. The second-order valence-corrected chi connectivity index (χ2v) is 5.65. The number of carbonyl (C=O) groups excluding carboxylic acids is 1. The zero-order valence-electron chi connectivity index (χ0n) is 14.4. The highest BCUT2D eigenvalue weighted by Crippen LogP contribution is 2.23. The van der Waals surface area contributed by atoms with Gasteiger partial charge in [0.2, 0.25) is 11.7 Å². The van der Waals surface area contributed by atoms with Gasteiger partial charge in [0, 0.05) is 17.2 Å². The number of amides is 1. The molecule has 0 saturated carbocycles. The fourth-order valence-corrected chi connectivity index (χ4v) is 2.33. The van der Waals surface area contributed by atoms with E-state index in [9.17, 15) is 14.9 Å². The summed E-state index contributed by atoms with van der Waals surface area (Å²) in [7, 11) is 0. The maximum absolute atomic E-state index is 11.9. The molecule has 2 aromatic carbocycles. The van der Waals surface area contributed by atoms with Crippen molar-refractivity contribution in [3.63, 3.8) is 0 Å². The van der Waals surface area contributed by atoms with Crippen LogP contribution >= 0.6 is 0 Å². The minimum Gasteiger partial charge on any atom is -0.484 e. The molecule has 0 radical (unpaired) electrons. The Balaban J connectivity index is 1.50. The maximum Gasteiger partial charge on any atom is 0.272 e. The summed E-state index contributed by atoms with van der Waals surface area (Å²) in [6, 6.07) is 13.6.